The minimum Gasteiger partial charge on any atom is -0.352 e. The molecule has 1 N–H and O–H groups in total. The number of fused-ring (bicyclic) bond motifs is 2. The van der Waals surface area contributed by atoms with E-state index in [0.717, 1.165) is 18.4 Å². The van der Waals surface area contributed by atoms with Crippen molar-refractivity contribution in [2.24, 2.45) is 11.8 Å². The maximum absolute atomic E-state index is 13.5. The fourth-order valence-electron chi connectivity index (χ4n) is 4.81. The number of amides is 1. The van der Waals surface area contributed by atoms with Crippen LogP contribution in [0.2, 0.25) is 5.02 Å². The summed E-state index contributed by atoms with van der Waals surface area (Å²) < 4.78 is 28.2. The summed E-state index contributed by atoms with van der Waals surface area (Å²) in [5.41, 5.74) is 2.02. The monoisotopic (exact) mass is 446 g/mol. The van der Waals surface area contributed by atoms with Gasteiger partial charge in [-0.3, -0.25) is 9.10 Å². The van der Waals surface area contributed by atoms with Gasteiger partial charge in [-0.25, -0.2) is 8.42 Å². The van der Waals surface area contributed by atoms with E-state index in [1.807, 2.05) is 6.92 Å². The molecule has 2 aromatic carbocycles. The highest BCUT2D eigenvalue weighted by Gasteiger charge is 2.40. The molecular weight excluding hydrogens is 420 g/mol. The molecule has 0 unspecified atom stereocenters. The Labute approximate surface area is 183 Å². The molecule has 0 aromatic heterocycles. The maximum atomic E-state index is 13.5. The highest BCUT2D eigenvalue weighted by Crippen LogP contribution is 2.44. The number of nitrogens with zero attached hydrogens (tertiary/aromatic N) is 1. The number of carbonyl (C=O) groups excluding carboxylic acids is 1. The van der Waals surface area contributed by atoms with Crippen LogP contribution in [0.1, 0.15) is 36.8 Å². The summed E-state index contributed by atoms with van der Waals surface area (Å²) in [5, 5.41) is 3.56. The molecule has 0 aliphatic heterocycles. The van der Waals surface area contributed by atoms with Gasteiger partial charge in [-0.1, -0.05) is 41.8 Å². The number of anilines is 1. The molecule has 3 atom stereocenters. The van der Waals surface area contributed by atoms with Crippen molar-refractivity contribution in [2.75, 3.05) is 10.8 Å². The maximum Gasteiger partial charge on any atom is 0.264 e. The molecule has 160 valence electrons. The Morgan fingerprint density at radius 1 is 1.10 bits per heavy atom. The lowest BCUT2D eigenvalue weighted by Crippen LogP contribution is -2.46. The van der Waals surface area contributed by atoms with Crippen molar-refractivity contribution in [1.29, 1.82) is 0 Å². The third kappa shape index (κ3) is 4.08. The van der Waals surface area contributed by atoms with Gasteiger partial charge in [-0.05, 0) is 74.8 Å². The van der Waals surface area contributed by atoms with Crippen LogP contribution in [0.5, 0.6) is 0 Å². The lowest BCUT2D eigenvalue weighted by Gasteiger charge is -2.28. The Morgan fingerprint density at radius 2 is 1.83 bits per heavy atom. The van der Waals surface area contributed by atoms with Crippen molar-refractivity contribution >= 4 is 33.2 Å². The molecule has 2 bridgehead atoms. The highest BCUT2D eigenvalue weighted by atomic mass is 35.5. The molecule has 2 fully saturated rings. The van der Waals surface area contributed by atoms with Gasteiger partial charge in [-0.15, -0.1) is 0 Å². The lowest BCUT2D eigenvalue weighted by molar-refractivity contribution is -0.120. The summed E-state index contributed by atoms with van der Waals surface area (Å²) in [5.74, 6) is 0.944. The first kappa shape index (κ1) is 21.2. The molecule has 2 saturated carbocycles. The Bertz CT molecular complexity index is 1050. The van der Waals surface area contributed by atoms with Crippen LogP contribution in [0.4, 0.5) is 5.69 Å². The zero-order valence-electron chi connectivity index (χ0n) is 17.3. The van der Waals surface area contributed by atoms with Crippen molar-refractivity contribution in [3.8, 4) is 0 Å². The second-order valence-electron chi connectivity index (χ2n) is 8.56. The van der Waals surface area contributed by atoms with Crippen LogP contribution in [-0.4, -0.2) is 26.9 Å². The quantitative estimate of drug-likeness (QED) is 0.712. The lowest BCUT2D eigenvalue weighted by atomic mass is 9.95. The summed E-state index contributed by atoms with van der Waals surface area (Å²) in [7, 11) is -3.94. The molecule has 2 aliphatic carbocycles. The van der Waals surface area contributed by atoms with Crippen LogP contribution in [0.15, 0.2) is 47.4 Å². The SMILES string of the molecule is Cc1ccc(S(=O)(=O)N(CC(=O)N[C@@H]2C[C@H]3CC[C@H]2C3)c2cccc(Cl)c2C)cc1. The zero-order chi connectivity index (χ0) is 21.5. The van der Waals surface area contributed by atoms with E-state index in [-0.39, 0.29) is 23.4 Å². The third-order valence-corrected chi connectivity index (χ3v) is 8.67. The molecule has 4 rings (SSSR count). The Balaban J connectivity index is 1.64. The first-order valence-electron chi connectivity index (χ1n) is 10.4. The van der Waals surface area contributed by atoms with Gasteiger partial charge in [0.25, 0.3) is 10.0 Å². The topological polar surface area (TPSA) is 66.5 Å². The highest BCUT2D eigenvalue weighted by molar-refractivity contribution is 7.92. The van der Waals surface area contributed by atoms with E-state index in [1.165, 1.54) is 17.1 Å². The minimum absolute atomic E-state index is 0.153. The Morgan fingerprint density at radius 3 is 2.47 bits per heavy atom. The standard InChI is InChI=1S/C23H27ClN2O3S/c1-15-6-10-19(11-7-15)30(28,29)26(22-5-3-4-20(24)16(22)2)14-23(27)25-21-13-17-8-9-18(21)12-17/h3-7,10-11,17-18,21H,8-9,12-14H2,1-2H3,(H,25,27)/t17-,18-,21+/m0/s1. The predicted molar refractivity (Wildman–Crippen MR) is 119 cm³/mol. The number of aryl methyl sites for hydroxylation is 1. The van der Waals surface area contributed by atoms with E-state index < -0.39 is 10.0 Å². The second kappa shape index (κ2) is 8.23. The number of sulfonamides is 1. The van der Waals surface area contributed by atoms with Gasteiger partial charge in [0.2, 0.25) is 5.91 Å². The van der Waals surface area contributed by atoms with Gasteiger partial charge < -0.3 is 5.32 Å². The minimum atomic E-state index is -3.94. The fourth-order valence-corrected chi connectivity index (χ4v) is 6.46. The Kier molecular flexibility index (Phi) is 5.82. The van der Waals surface area contributed by atoms with Gasteiger partial charge in [0.15, 0.2) is 0 Å². The molecule has 30 heavy (non-hydrogen) atoms. The van der Waals surface area contributed by atoms with E-state index in [9.17, 15) is 13.2 Å². The molecule has 2 aliphatic rings. The third-order valence-electron chi connectivity index (χ3n) is 6.49. The summed E-state index contributed by atoms with van der Waals surface area (Å²) in [4.78, 5) is 13.1. The number of carbonyl (C=O) groups is 1. The van der Waals surface area contributed by atoms with E-state index in [4.69, 9.17) is 11.6 Å². The summed E-state index contributed by atoms with van der Waals surface area (Å²) in [6.07, 6.45) is 4.56. The van der Waals surface area contributed by atoms with Crippen LogP contribution in [-0.2, 0) is 14.8 Å². The summed E-state index contributed by atoms with van der Waals surface area (Å²) >= 11 is 6.27. The van der Waals surface area contributed by atoms with Gasteiger partial charge in [0, 0.05) is 11.1 Å². The van der Waals surface area contributed by atoms with Gasteiger partial charge in [-0.2, -0.15) is 0 Å². The zero-order valence-corrected chi connectivity index (χ0v) is 18.8. The van der Waals surface area contributed by atoms with E-state index in [0.29, 0.717) is 28.1 Å². The van der Waals surface area contributed by atoms with Crippen molar-refractivity contribution in [3.63, 3.8) is 0 Å². The summed E-state index contributed by atoms with van der Waals surface area (Å²) in [6, 6.07) is 11.9. The number of nitrogens with one attached hydrogen (secondary N) is 1. The molecule has 0 saturated heterocycles. The number of hydrogen-bond donors (Lipinski definition) is 1. The van der Waals surface area contributed by atoms with Crippen molar-refractivity contribution in [3.05, 3.63) is 58.6 Å². The van der Waals surface area contributed by atoms with Crippen molar-refractivity contribution < 1.29 is 13.2 Å². The van der Waals surface area contributed by atoms with E-state index in [2.05, 4.69) is 5.32 Å². The van der Waals surface area contributed by atoms with Crippen molar-refractivity contribution in [1.82, 2.24) is 5.32 Å². The van der Waals surface area contributed by atoms with Gasteiger partial charge >= 0.3 is 0 Å². The second-order valence-corrected chi connectivity index (χ2v) is 10.8. The van der Waals surface area contributed by atoms with Crippen LogP contribution in [0.25, 0.3) is 0 Å². The normalized spacial score (nSPS) is 22.8. The largest absolute Gasteiger partial charge is 0.352 e. The van der Waals surface area contributed by atoms with Gasteiger partial charge in [0.05, 0.1) is 10.6 Å². The average molecular weight is 447 g/mol. The van der Waals surface area contributed by atoms with Crippen molar-refractivity contribution in [2.45, 2.75) is 50.5 Å². The predicted octanol–water partition coefficient (Wildman–Crippen LogP) is 4.46. The number of hydrogen-bond acceptors (Lipinski definition) is 3. The molecular formula is C23H27ClN2O3S. The first-order chi connectivity index (χ1) is 14.3. The van der Waals surface area contributed by atoms with E-state index in [1.54, 1.807) is 49.4 Å². The first-order valence-corrected chi connectivity index (χ1v) is 12.2. The molecule has 5 nitrogen and oxygen atoms in total. The molecule has 7 heteroatoms. The summed E-state index contributed by atoms with van der Waals surface area (Å²) in [6.45, 7) is 3.40. The van der Waals surface area contributed by atoms with Crippen LogP contribution in [0.3, 0.4) is 0 Å². The number of halogens is 1. The average Bonchev–Trinajstić information content (AvgIpc) is 3.32. The fraction of sp³-hybridized carbons (Fsp3) is 0.435. The Hall–Kier alpha value is -2.05. The van der Waals surface area contributed by atoms with Gasteiger partial charge in [0.1, 0.15) is 6.54 Å². The molecule has 2 aromatic rings. The number of rotatable bonds is 6. The molecule has 0 heterocycles. The number of benzene rings is 2. The smallest absolute Gasteiger partial charge is 0.264 e. The molecule has 0 spiro atoms. The van der Waals surface area contributed by atoms with Crippen LogP contribution in [0, 0.1) is 25.7 Å². The van der Waals surface area contributed by atoms with E-state index >= 15 is 0 Å². The van der Waals surface area contributed by atoms with Crippen LogP contribution >= 0.6 is 11.6 Å². The van der Waals surface area contributed by atoms with Crippen LogP contribution < -0.4 is 9.62 Å². The molecule has 0 radical (unpaired) electrons. The molecule has 1 amide bonds.